The molecule has 7 heteroatoms. The Balaban J connectivity index is 1.31. The van der Waals surface area contributed by atoms with Gasteiger partial charge in [-0.15, -0.1) is 0 Å². The highest BCUT2D eigenvalue weighted by atomic mass is 32.2. The highest BCUT2D eigenvalue weighted by Crippen LogP contribution is 2.45. The van der Waals surface area contributed by atoms with E-state index in [0.717, 1.165) is 38.0 Å². The van der Waals surface area contributed by atoms with Gasteiger partial charge in [-0.1, -0.05) is 0 Å². The number of pyridine rings is 1. The smallest absolute Gasteiger partial charge is 0.217 e. The number of rotatable bonds is 6. The van der Waals surface area contributed by atoms with E-state index in [-0.39, 0.29) is 10.9 Å². The Hall–Kier alpha value is -1.18. The molecule has 0 aromatic carbocycles. The van der Waals surface area contributed by atoms with Crippen molar-refractivity contribution in [1.29, 1.82) is 0 Å². The van der Waals surface area contributed by atoms with Crippen LogP contribution in [0.15, 0.2) is 24.5 Å². The fourth-order valence-corrected chi connectivity index (χ4v) is 5.55. The van der Waals surface area contributed by atoms with Crippen molar-refractivity contribution in [3.8, 4) is 5.75 Å². The van der Waals surface area contributed by atoms with E-state index < -0.39 is 10.0 Å². The minimum Gasteiger partial charge on any atom is -0.492 e. The zero-order valence-electron chi connectivity index (χ0n) is 13.1. The van der Waals surface area contributed by atoms with E-state index in [0.29, 0.717) is 25.6 Å². The van der Waals surface area contributed by atoms with E-state index in [2.05, 4.69) is 4.98 Å². The molecule has 1 atom stereocenters. The number of nitrogens with zero attached hydrogens (tertiary/aromatic N) is 2. The molecule has 1 aromatic heterocycles. The molecule has 126 valence electrons. The van der Waals surface area contributed by atoms with Gasteiger partial charge in [-0.05, 0) is 43.7 Å². The van der Waals surface area contributed by atoms with Crippen molar-refractivity contribution in [3.05, 3.63) is 24.5 Å². The molecule has 6 nitrogen and oxygen atoms in total. The molecule has 3 heterocycles. The first-order valence-corrected chi connectivity index (χ1v) is 9.76. The molecule has 4 rings (SSSR count). The standard InChI is InChI=1S/C16H22N2O4S/c19-23(20,15-3-4-15)18-11-16(12-18)13(6-9-22-16)5-8-21-14-2-1-7-17-10-14/h1-2,7,10,13,15H,3-6,8-9,11-12H2/t13-/m1/s1. The van der Waals surface area contributed by atoms with Gasteiger partial charge in [-0.2, -0.15) is 4.31 Å². The first-order valence-electron chi connectivity index (χ1n) is 8.26. The lowest BCUT2D eigenvalue weighted by Crippen LogP contribution is -2.66. The first kappa shape index (κ1) is 15.4. The van der Waals surface area contributed by atoms with Crippen LogP contribution in [0.2, 0.25) is 0 Å². The maximum atomic E-state index is 12.3. The van der Waals surface area contributed by atoms with Crippen molar-refractivity contribution in [2.75, 3.05) is 26.3 Å². The van der Waals surface area contributed by atoms with Crippen molar-refractivity contribution >= 4 is 10.0 Å². The predicted molar refractivity (Wildman–Crippen MR) is 84.7 cm³/mol. The molecule has 0 radical (unpaired) electrons. The first-order chi connectivity index (χ1) is 11.1. The van der Waals surface area contributed by atoms with E-state index >= 15 is 0 Å². The van der Waals surface area contributed by atoms with Crippen LogP contribution in [0.5, 0.6) is 5.75 Å². The average molecular weight is 338 g/mol. The van der Waals surface area contributed by atoms with Crippen LogP contribution in [-0.2, 0) is 14.8 Å². The third kappa shape index (κ3) is 2.86. The quantitative estimate of drug-likeness (QED) is 0.785. The molecule has 1 aliphatic carbocycles. The second-order valence-corrected chi connectivity index (χ2v) is 8.95. The minimum atomic E-state index is -3.07. The third-order valence-electron chi connectivity index (χ3n) is 5.16. The normalized spacial score (nSPS) is 27.0. The van der Waals surface area contributed by atoms with Gasteiger partial charge in [0.25, 0.3) is 0 Å². The zero-order valence-corrected chi connectivity index (χ0v) is 13.9. The molecule has 2 aliphatic heterocycles. The Morgan fingerprint density at radius 1 is 1.35 bits per heavy atom. The summed E-state index contributed by atoms with van der Waals surface area (Å²) < 4.78 is 37.8. The Morgan fingerprint density at radius 3 is 2.87 bits per heavy atom. The van der Waals surface area contributed by atoms with Crippen LogP contribution in [0, 0.1) is 5.92 Å². The van der Waals surface area contributed by atoms with Crippen LogP contribution >= 0.6 is 0 Å². The summed E-state index contributed by atoms with van der Waals surface area (Å²) in [4.78, 5) is 4.03. The molecular weight excluding hydrogens is 316 g/mol. The largest absolute Gasteiger partial charge is 0.492 e. The second kappa shape index (κ2) is 5.72. The summed E-state index contributed by atoms with van der Waals surface area (Å²) in [5, 5.41) is -0.131. The summed E-state index contributed by atoms with van der Waals surface area (Å²) in [6.07, 6.45) is 6.91. The molecule has 1 aromatic rings. The third-order valence-corrected chi connectivity index (χ3v) is 7.45. The van der Waals surface area contributed by atoms with Crippen molar-refractivity contribution in [2.24, 2.45) is 5.92 Å². The molecule has 1 saturated carbocycles. The molecule has 3 aliphatic rings. The highest BCUT2D eigenvalue weighted by Gasteiger charge is 2.58. The topological polar surface area (TPSA) is 68.7 Å². The van der Waals surface area contributed by atoms with Crippen LogP contribution in [0.25, 0.3) is 0 Å². The van der Waals surface area contributed by atoms with Crippen molar-refractivity contribution in [2.45, 2.75) is 36.5 Å². The lowest BCUT2D eigenvalue weighted by atomic mass is 9.80. The van der Waals surface area contributed by atoms with Crippen LogP contribution < -0.4 is 4.74 Å². The fraction of sp³-hybridized carbons (Fsp3) is 0.688. The van der Waals surface area contributed by atoms with Gasteiger partial charge in [-0.3, -0.25) is 4.98 Å². The van der Waals surface area contributed by atoms with Gasteiger partial charge < -0.3 is 9.47 Å². The maximum Gasteiger partial charge on any atom is 0.217 e. The van der Waals surface area contributed by atoms with Gasteiger partial charge in [-0.25, -0.2) is 8.42 Å². The Bertz CT molecular complexity index is 654. The second-order valence-electron chi connectivity index (χ2n) is 6.74. The summed E-state index contributed by atoms with van der Waals surface area (Å²) in [6, 6.07) is 3.74. The molecule has 0 N–H and O–H groups in total. The summed E-state index contributed by atoms with van der Waals surface area (Å²) in [5.74, 6) is 1.14. The Morgan fingerprint density at radius 2 is 2.17 bits per heavy atom. The molecule has 23 heavy (non-hydrogen) atoms. The number of ether oxygens (including phenoxy) is 2. The van der Waals surface area contributed by atoms with Crippen molar-refractivity contribution in [3.63, 3.8) is 0 Å². The highest BCUT2D eigenvalue weighted by molar-refractivity contribution is 7.90. The molecule has 2 saturated heterocycles. The van der Waals surface area contributed by atoms with Crippen molar-refractivity contribution in [1.82, 2.24) is 9.29 Å². The van der Waals surface area contributed by atoms with Gasteiger partial charge in [0.15, 0.2) is 0 Å². The minimum absolute atomic E-state index is 0.131. The van der Waals surface area contributed by atoms with Crippen LogP contribution in [0.1, 0.15) is 25.7 Å². The van der Waals surface area contributed by atoms with Crippen LogP contribution in [0.3, 0.4) is 0 Å². The van der Waals surface area contributed by atoms with Crippen LogP contribution in [-0.4, -0.2) is 54.9 Å². The van der Waals surface area contributed by atoms with Gasteiger partial charge in [0.2, 0.25) is 10.0 Å². The Labute approximate surface area is 136 Å². The molecule has 0 bridgehead atoms. The monoisotopic (exact) mass is 338 g/mol. The van der Waals surface area contributed by atoms with Gasteiger partial charge in [0.05, 0.1) is 23.7 Å². The number of hydrogen-bond donors (Lipinski definition) is 0. The van der Waals surface area contributed by atoms with E-state index in [1.165, 1.54) is 0 Å². The summed E-state index contributed by atoms with van der Waals surface area (Å²) in [7, 11) is -3.07. The van der Waals surface area contributed by atoms with E-state index in [1.807, 2.05) is 12.1 Å². The van der Waals surface area contributed by atoms with E-state index in [9.17, 15) is 8.42 Å². The zero-order chi connectivity index (χ0) is 15.9. The average Bonchev–Trinajstić information content (AvgIpc) is 3.28. The molecular formula is C16H22N2O4S. The van der Waals surface area contributed by atoms with Crippen molar-refractivity contribution < 1.29 is 17.9 Å². The summed E-state index contributed by atoms with van der Waals surface area (Å²) in [6.45, 7) is 2.36. The van der Waals surface area contributed by atoms with Crippen LogP contribution in [0.4, 0.5) is 0 Å². The number of aromatic nitrogens is 1. The van der Waals surface area contributed by atoms with E-state index in [4.69, 9.17) is 9.47 Å². The molecule has 1 spiro atoms. The lowest BCUT2D eigenvalue weighted by molar-refractivity contribution is -0.104. The van der Waals surface area contributed by atoms with Gasteiger partial charge in [0, 0.05) is 25.9 Å². The molecule has 3 fully saturated rings. The molecule has 0 unspecified atom stereocenters. The fourth-order valence-electron chi connectivity index (χ4n) is 3.60. The number of sulfonamides is 1. The summed E-state index contributed by atoms with van der Waals surface area (Å²) in [5.41, 5.74) is -0.278. The lowest BCUT2D eigenvalue weighted by Gasteiger charge is -2.49. The number of hydrogen-bond acceptors (Lipinski definition) is 5. The Kier molecular flexibility index (Phi) is 3.82. The molecule has 0 amide bonds. The SMILES string of the molecule is O=S(=O)(C1CC1)N1CC2(C1)OCC[C@H]2CCOc1cccnc1. The van der Waals surface area contributed by atoms with Gasteiger partial charge in [0.1, 0.15) is 5.75 Å². The van der Waals surface area contributed by atoms with Gasteiger partial charge >= 0.3 is 0 Å². The summed E-state index contributed by atoms with van der Waals surface area (Å²) >= 11 is 0. The maximum absolute atomic E-state index is 12.3. The van der Waals surface area contributed by atoms with E-state index in [1.54, 1.807) is 16.7 Å². The predicted octanol–water partition coefficient (Wildman–Crippen LogP) is 1.43.